The van der Waals surface area contributed by atoms with Crippen molar-refractivity contribution in [2.24, 2.45) is 0 Å². The minimum Gasteiger partial charge on any atom is -0.481 e. The predicted molar refractivity (Wildman–Crippen MR) is 183 cm³/mol. The standard InChI is InChI=1S/C40H36N2O3/c1-5-10-23(21-34(43)44)26-17-19-30-35-24(11-9-12-27(26)35)22(3)25-15-16-29-36-28(18-20-31(37(25)36)40(30,4)6-2)38-41-32-13-7-8-14-33(32)42(38)39(29)45/h7-9,11-20,22-23H,5-6,10,21H2,1-4H3,(H,43,44). The molecule has 45 heavy (non-hydrogen) atoms. The number of carboxylic acids is 1. The van der Waals surface area contributed by atoms with Crippen LogP contribution >= 0.6 is 0 Å². The van der Waals surface area contributed by atoms with Gasteiger partial charge in [-0.05, 0) is 80.9 Å². The quantitative estimate of drug-likeness (QED) is 0.209. The van der Waals surface area contributed by atoms with E-state index in [1.807, 2.05) is 30.3 Å². The van der Waals surface area contributed by atoms with Crippen molar-refractivity contribution in [1.29, 1.82) is 0 Å². The fraction of sp³-hybridized carbons (Fsp3) is 0.275. The highest BCUT2D eigenvalue weighted by atomic mass is 16.4. The molecule has 2 aromatic heterocycles. The summed E-state index contributed by atoms with van der Waals surface area (Å²) in [6.07, 6.45) is 2.75. The number of nitrogens with zero attached hydrogens (tertiary/aromatic N) is 2. The molecule has 224 valence electrons. The Labute approximate surface area is 261 Å². The summed E-state index contributed by atoms with van der Waals surface area (Å²) < 4.78 is 1.78. The Morgan fingerprint density at radius 1 is 0.867 bits per heavy atom. The van der Waals surface area contributed by atoms with E-state index in [1.165, 1.54) is 27.6 Å². The molecule has 5 heteroatoms. The molecule has 1 N–H and O–H groups in total. The predicted octanol–water partition coefficient (Wildman–Crippen LogP) is 9.28. The van der Waals surface area contributed by atoms with Gasteiger partial charge in [-0.2, -0.15) is 0 Å². The third kappa shape index (κ3) is 3.70. The van der Waals surface area contributed by atoms with Crippen molar-refractivity contribution in [1.82, 2.24) is 9.38 Å². The van der Waals surface area contributed by atoms with Crippen LogP contribution in [0, 0.1) is 0 Å². The SMILES string of the molecule is CCCC(CC(=O)O)c1ccc2c3c(cccc13)C(C)c1ccc3c(=O)n4c5ccccc5nc4c4ccc(c1c34)C2(C)CC. The summed E-state index contributed by atoms with van der Waals surface area (Å²) in [6.45, 7) is 8.98. The van der Waals surface area contributed by atoms with Gasteiger partial charge in [0.25, 0.3) is 5.56 Å². The maximum absolute atomic E-state index is 14.2. The molecule has 0 spiro atoms. The molecule has 0 fully saturated rings. The summed E-state index contributed by atoms with van der Waals surface area (Å²) in [7, 11) is 0. The number of imidazole rings is 1. The lowest BCUT2D eigenvalue weighted by atomic mass is 9.66. The molecule has 0 amide bonds. The molecule has 0 bridgehead atoms. The molecular formula is C40H36N2O3. The third-order valence-corrected chi connectivity index (χ3v) is 10.9. The van der Waals surface area contributed by atoms with Gasteiger partial charge in [0.15, 0.2) is 0 Å². The second-order valence-corrected chi connectivity index (χ2v) is 13.1. The van der Waals surface area contributed by atoms with E-state index >= 15 is 0 Å². The van der Waals surface area contributed by atoms with Gasteiger partial charge >= 0.3 is 5.97 Å². The Morgan fingerprint density at radius 2 is 1.60 bits per heavy atom. The first-order valence-electron chi connectivity index (χ1n) is 16.2. The van der Waals surface area contributed by atoms with Gasteiger partial charge in [-0.15, -0.1) is 0 Å². The van der Waals surface area contributed by atoms with E-state index in [2.05, 4.69) is 76.2 Å². The van der Waals surface area contributed by atoms with Crippen molar-refractivity contribution in [2.75, 3.05) is 0 Å². The van der Waals surface area contributed by atoms with Gasteiger partial charge in [-0.1, -0.05) is 94.8 Å². The van der Waals surface area contributed by atoms with E-state index in [-0.39, 0.29) is 29.2 Å². The van der Waals surface area contributed by atoms with E-state index in [9.17, 15) is 14.7 Å². The van der Waals surface area contributed by atoms with E-state index in [1.54, 1.807) is 4.40 Å². The van der Waals surface area contributed by atoms with Gasteiger partial charge in [-0.3, -0.25) is 14.0 Å². The van der Waals surface area contributed by atoms with Crippen LogP contribution in [0.5, 0.6) is 0 Å². The van der Waals surface area contributed by atoms with Crippen molar-refractivity contribution in [3.8, 4) is 0 Å². The first kappa shape index (κ1) is 27.8. The van der Waals surface area contributed by atoms with Crippen molar-refractivity contribution in [3.63, 3.8) is 0 Å². The normalized spacial score (nSPS) is 18.6. The zero-order valence-electron chi connectivity index (χ0n) is 26.1. The zero-order chi connectivity index (χ0) is 31.2. The van der Waals surface area contributed by atoms with Gasteiger partial charge in [0.2, 0.25) is 0 Å². The lowest BCUT2D eigenvalue weighted by molar-refractivity contribution is -0.137. The lowest BCUT2D eigenvalue weighted by Crippen LogP contribution is -2.26. The minimum atomic E-state index is -0.758. The number of hydrogen-bond donors (Lipinski definition) is 1. The molecule has 0 radical (unpaired) electrons. The van der Waals surface area contributed by atoms with Gasteiger partial charge in [0.05, 0.1) is 17.5 Å². The molecule has 3 atom stereocenters. The summed E-state index contributed by atoms with van der Waals surface area (Å²) in [4.78, 5) is 31.2. The van der Waals surface area contributed by atoms with Crippen LogP contribution in [0.2, 0.25) is 0 Å². The van der Waals surface area contributed by atoms with Crippen molar-refractivity contribution in [2.45, 2.75) is 70.6 Å². The molecule has 7 aromatic rings. The molecule has 0 aliphatic heterocycles. The van der Waals surface area contributed by atoms with Gasteiger partial charge in [-0.25, -0.2) is 4.98 Å². The van der Waals surface area contributed by atoms with Crippen LogP contribution < -0.4 is 5.56 Å². The summed E-state index contributed by atoms with van der Waals surface area (Å²) in [5, 5.41) is 16.1. The van der Waals surface area contributed by atoms with Crippen LogP contribution in [-0.2, 0) is 10.2 Å². The molecule has 1 aliphatic carbocycles. The van der Waals surface area contributed by atoms with Crippen LogP contribution in [0.15, 0.2) is 83.7 Å². The summed E-state index contributed by atoms with van der Waals surface area (Å²) in [5.74, 6) is -0.757. The maximum Gasteiger partial charge on any atom is 0.303 e. The van der Waals surface area contributed by atoms with Crippen molar-refractivity contribution >= 4 is 55.0 Å². The molecule has 0 saturated carbocycles. The number of pyridine rings is 1. The Kier molecular flexibility index (Phi) is 6.09. The van der Waals surface area contributed by atoms with Crippen LogP contribution in [0.3, 0.4) is 0 Å². The molecular weight excluding hydrogens is 556 g/mol. The Bertz CT molecular complexity index is 2400. The van der Waals surface area contributed by atoms with Gasteiger partial charge < -0.3 is 5.11 Å². The smallest absolute Gasteiger partial charge is 0.303 e. The first-order valence-corrected chi connectivity index (χ1v) is 16.2. The second-order valence-electron chi connectivity index (χ2n) is 13.1. The number of para-hydroxylation sites is 2. The van der Waals surface area contributed by atoms with E-state index in [0.717, 1.165) is 62.8 Å². The average Bonchev–Trinajstić information content (AvgIpc) is 3.44. The van der Waals surface area contributed by atoms with E-state index < -0.39 is 5.97 Å². The Balaban J connectivity index is 1.50. The number of fused-ring (bicyclic) bond motifs is 4. The molecule has 1 aliphatic rings. The monoisotopic (exact) mass is 592 g/mol. The van der Waals surface area contributed by atoms with E-state index in [4.69, 9.17) is 4.98 Å². The highest BCUT2D eigenvalue weighted by Gasteiger charge is 2.37. The molecule has 8 rings (SSSR count). The van der Waals surface area contributed by atoms with Crippen LogP contribution in [0.4, 0.5) is 0 Å². The average molecular weight is 593 g/mol. The zero-order valence-corrected chi connectivity index (χ0v) is 26.1. The number of aromatic nitrogens is 2. The highest BCUT2D eigenvalue weighted by Crippen LogP contribution is 2.51. The maximum atomic E-state index is 14.2. The second kappa shape index (κ2) is 9.87. The highest BCUT2D eigenvalue weighted by molar-refractivity contribution is 6.18. The van der Waals surface area contributed by atoms with E-state index in [0.29, 0.717) is 5.65 Å². The molecule has 0 saturated heterocycles. The molecule has 2 heterocycles. The van der Waals surface area contributed by atoms with Crippen LogP contribution in [0.25, 0.3) is 49.0 Å². The van der Waals surface area contributed by atoms with Crippen molar-refractivity contribution < 1.29 is 9.90 Å². The summed E-state index contributed by atoms with van der Waals surface area (Å²) >= 11 is 0. The number of rotatable bonds is 6. The third-order valence-electron chi connectivity index (χ3n) is 10.9. The number of benzene rings is 5. The Morgan fingerprint density at radius 3 is 2.38 bits per heavy atom. The Hall–Kier alpha value is -4.77. The van der Waals surface area contributed by atoms with Gasteiger partial charge in [0.1, 0.15) is 5.65 Å². The number of aliphatic carboxylic acids is 1. The number of hydrogen-bond acceptors (Lipinski definition) is 3. The molecule has 5 aromatic carbocycles. The van der Waals surface area contributed by atoms with Crippen LogP contribution in [0.1, 0.15) is 93.0 Å². The lowest BCUT2D eigenvalue weighted by Gasteiger charge is -2.37. The molecule has 3 unspecified atom stereocenters. The minimum absolute atomic E-state index is 0.0321. The summed E-state index contributed by atoms with van der Waals surface area (Å²) in [5.41, 5.74) is 8.04. The van der Waals surface area contributed by atoms with Gasteiger partial charge in [0, 0.05) is 27.5 Å². The first-order chi connectivity index (χ1) is 21.8. The van der Waals surface area contributed by atoms with Crippen molar-refractivity contribution in [3.05, 3.63) is 117 Å². The molecule has 5 nitrogen and oxygen atoms in total. The number of carbonyl (C=O) groups is 1. The fourth-order valence-electron chi connectivity index (χ4n) is 8.49. The topological polar surface area (TPSA) is 71.7 Å². The largest absolute Gasteiger partial charge is 0.481 e. The number of carboxylic acid groups (broad SMARTS) is 1. The van der Waals surface area contributed by atoms with Crippen LogP contribution in [-0.4, -0.2) is 20.5 Å². The summed E-state index contributed by atoms with van der Waals surface area (Å²) in [6, 6.07) is 27.5. The fourth-order valence-corrected chi connectivity index (χ4v) is 8.49.